The van der Waals surface area contributed by atoms with Gasteiger partial charge in [0.2, 0.25) is 5.91 Å². The van der Waals surface area contributed by atoms with Crippen molar-refractivity contribution in [1.82, 2.24) is 10.2 Å². The van der Waals surface area contributed by atoms with E-state index in [-0.39, 0.29) is 35.7 Å². The van der Waals surface area contributed by atoms with E-state index in [0.717, 1.165) is 43.8 Å². The average molecular weight is 419 g/mol. The Balaban J connectivity index is 0.00000192. The van der Waals surface area contributed by atoms with E-state index in [2.05, 4.69) is 28.4 Å². The number of amides is 1. The van der Waals surface area contributed by atoms with Crippen LogP contribution in [0.3, 0.4) is 0 Å². The number of carbonyl (C=O) groups excluding carboxylic acids is 1. The number of para-hydroxylation sites is 1. The molecule has 2 aliphatic heterocycles. The minimum absolute atomic E-state index is 0. The van der Waals surface area contributed by atoms with E-state index < -0.39 is 0 Å². The second kappa shape index (κ2) is 7.58. The highest BCUT2D eigenvalue weighted by molar-refractivity contribution is 6.30. The highest BCUT2D eigenvalue weighted by Crippen LogP contribution is 2.61. The molecule has 1 amide bonds. The molecule has 3 aliphatic rings. The lowest BCUT2D eigenvalue weighted by Crippen LogP contribution is -2.49. The largest absolute Gasteiger partial charge is 0.493 e. The van der Waals surface area contributed by atoms with Gasteiger partial charge in [-0.05, 0) is 36.6 Å². The highest BCUT2D eigenvalue weighted by atomic mass is 35.5. The summed E-state index contributed by atoms with van der Waals surface area (Å²) >= 11 is 6.20. The summed E-state index contributed by atoms with van der Waals surface area (Å²) < 4.78 is 5.83. The lowest BCUT2D eigenvalue weighted by Gasteiger charge is -2.37. The summed E-state index contributed by atoms with van der Waals surface area (Å²) in [4.78, 5) is 15.6. The van der Waals surface area contributed by atoms with Crippen molar-refractivity contribution in [3.05, 3.63) is 64.7 Å². The first kappa shape index (κ1) is 19.6. The van der Waals surface area contributed by atoms with Gasteiger partial charge in [0.25, 0.3) is 0 Å². The van der Waals surface area contributed by atoms with Gasteiger partial charge in [0.15, 0.2) is 0 Å². The normalized spacial score (nSPS) is 28.1. The molecule has 6 heteroatoms. The van der Waals surface area contributed by atoms with E-state index in [1.165, 1.54) is 5.56 Å². The number of hydrogen-bond donors (Lipinski definition) is 1. The van der Waals surface area contributed by atoms with Gasteiger partial charge in [-0.3, -0.25) is 4.79 Å². The molecule has 2 heterocycles. The Hall–Kier alpha value is -1.75. The van der Waals surface area contributed by atoms with Gasteiger partial charge in [0.1, 0.15) is 5.75 Å². The van der Waals surface area contributed by atoms with E-state index in [4.69, 9.17) is 16.3 Å². The van der Waals surface area contributed by atoms with E-state index in [1.807, 2.05) is 30.3 Å². The number of hydrogen-bond acceptors (Lipinski definition) is 3. The molecule has 0 radical (unpaired) electrons. The number of ether oxygens (including phenoxy) is 1. The number of rotatable bonds is 2. The molecule has 1 N–H and O–H groups in total. The van der Waals surface area contributed by atoms with Crippen LogP contribution in [0.1, 0.15) is 30.0 Å². The third-order valence-electron chi connectivity index (χ3n) is 6.36. The average Bonchev–Trinajstić information content (AvgIpc) is 3.42. The number of nitrogens with one attached hydrogen (secondary N) is 1. The van der Waals surface area contributed by atoms with Gasteiger partial charge >= 0.3 is 0 Å². The summed E-state index contributed by atoms with van der Waals surface area (Å²) in [6.07, 6.45) is 1.85. The molecule has 2 fully saturated rings. The molecule has 2 aromatic carbocycles. The maximum Gasteiger partial charge on any atom is 0.227 e. The standard InChI is InChI=1S/C22H23ClN2O2.ClH/c23-16-5-3-4-15(12-16)19-14-24-9-10-25(19)21(26)18-13-22(18)8-11-27-20-7-2-1-6-17(20)22;/h1-7,12,18-19,24H,8-11,13-14H2;1H. The first-order valence-corrected chi connectivity index (χ1v) is 10.1. The lowest BCUT2D eigenvalue weighted by molar-refractivity contribution is -0.136. The molecule has 3 unspecified atom stereocenters. The Labute approximate surface area is 176 Å². The Morgan fingerprint density at radius 2 is 2.07 bits per heavy atom. The van der Waals surface area contributed by atoms with Crippen LogP contribution in [0, 0.1) is 5.92 Å². The van der Waals surface area contributed by atoms with E-state index in [9.17, 15) is 4.79 Å². The zero-order chi connectivity index (χ0) is 18.4. The predicted molar refractivity (Wildman–Crippen MR) is 112 cm³/mol. The number of halogens is 2. The maximum atomic E-state index is 13.5. The van der Waals surface area contributed by atoms with Crippen LogP contribution < -0.4 is 10.1 Å². The smallest absolute Gasteiger partial charge is 0.227 e. The van der Waals surface area contributed by atoms with Crippen LogP contribution in [-0.4, -0.2) is 37.0 Å². The topological polar surface area (TPSA) is 41.6 Å². The van der Waals surface area contributed by atoms with Crippen molar-refractivity contribution >= 4 is 29.9 Å². The fourth-order valence-electron chi connectivity index (χ4n) is 4.86. The quantitative estimate of drug-likeness (QED) is 0.801. The SMILES string of the molecule is Cl.O=C(C1CC12CCOc1ccccc12)N1CCNCC1c1cccc(Cl)c1. The first-order valence-electron chi connectivity index (χ1n) is 9.68. The van der Waals surface area contributed by atoms with Crippen molar-refractivity contribution in [3.8, 4) is 5.75 Å². The number of benzene rings is 2. The number of nitrogens with zero attached hydrogens (tertiary/aromatic N) is 1. The van der Waals surface area contributed by atoms with Crippen LogP contribution in [0.4, 0.5) is 0 Å². The summed E-state index contributed by atoms with van der Waals surface area (Å²) in [5.74, 6) is 1.28. The third-order valence-corrected chi connectivity index (χ3v) is 6.60. The van der Waals surface area contributed by atoms with Gasteiger partial charge in [-0.2, -0.15) is 0 Å². The summed E-state index contributed by atoms with van der Waals surface area (Å²) in [5.41, 5.74) is 2.28. The number of fused-ring (bicyclic) bond motifs is 2. The molecule has 5 rings (SSSR count). The highest BCUT2D eigenvalue weighted by Gasteiger charge is 2.62. The summed E-state index contributed by atoms with van der Waals surface area (Å²) in [5, 5.41) is 4.14. The molecular formula is C22H24Cl2N2O2. The molecule has 1 aliphatic carbocycles. The maximum absolute atomic E-state index is 13.5. The Bertz CT molecular complexity index is 890. The molecular weight excluding hydrogens is 395 g/mol. The number of piperazine rings is 1. The molecule has 3 atom stereocenters. The minimum Gasteiger partial charge on any atom is -0.493 e. The molecule has 1 spiro atoms. The Morgan fingerprint density at radius 1 is 1.21 bits per heavy atom. The van der Waals surface area contributed by atoms with Crippen LogP contribution in [0.2, 0.25) is 5.02 Å². The summed E-state index contributed by atoms with van der Waals surface area (Å²) in [6, 6.07) is 16.1. The van der Waals surface area contributed by atoms with Gasteiger partial charge in [-0.1, -0.05) is 41.9 Å². The van der Waals surface area contributed by atoms with Crippen molar-refractivity contribution in [2.24, 2.45) is 5.92 Å². The first-order chi connectivity index (χ1) is 13.2. The van der Waals surface area contributed by atoms with Crippen LogP contribution in [0.15, 0.2) is 48.5 Å². The second-order valence-corrected chi connectivity index (χ2v) is 8.25. The Kier molecular flexibility index (Phi) is 5.30. The van der Waals surface area contributed by atoms with Crippen LogP contribution in [0.25, 0.3) is 0 Å². The van der Waals surface area contributed by atoms with Crippen molar-refractivity contribution in [2.75, 3.05) is 26.2 Å². The van der Waals surface area contributed by atoms with Crippen LogP contribution in [0.5, 0.6) is 5.75 Å². The fraction of sp³-hybridized carbons (Fsp3) is 0.409. The molecule has 0 bridgehead atoms. The van der Waals surface area contributed by atoms with Crippen molar-refractivity contribution < 1.29 is 9.53 Å². The van der Waals surface area contributed by atoms with Crippen molar-refractivity contribution in [2.45, 2.75) is 24.3 Å². The van der Waals surface area contributed by atoms with Gasteiger partial charge in [0, 0.05) is 41.6 Å². The summed E-state index contributed by atoms with van der Waals surface area (Å²) in [6.45, 7) is 3.04. The molecule has 1 saturated carbocycles. The predicted octanol–water partition coefficient (Wildman–Crippen LogP) is 3.98. The molecule has 4 nitrogen and oxygen atoms in total. The zero-order valence-electron chi connectivity index (χ0n) is 15.6. The third kappa shape index (κ3) is 3.18. The monoisotopic (exact) mass is 418 g/mol. The molecule has 28 heavy (non-hydrogen) atoms. The lowest BCUT2D eigenvalue weighted by atomic mass is 9.87. The zero-order valence-corrected chi connectivity index (χ0v) is 17.1. The molecule has 148 valence electrons. The van der Waals surface area contributed by atoms with Crippen LogP contribution in [-0.2, 0) is 10.2 Å². The van der Waals surface area contributed by atoms with Crippen molar-refractivity contribution in [1.29, 1.82) is 0 Å². The van der Waals surface area contributed by atoms with E-state index in [1.54, 1.807) is 0 Å². The Morgan fingerprint density at radius 3 is 2.93 bits per heavy atom. The van der Waals surface area contributed by atoms with E-state index in [0.29, 0.717) is 11.6 Å². The second-order valence-electron chi connectivity index (χ2n) is 7.81. The van der Waals surface area contributed by atoms with E-state index >= 15 is 0 Å². The van der Waals surface area contributed by atoms with Gasteiger partial charge < -0.3 is 15.0 Å². The molecule has 1 saturated heterocycles. The number of carbonyl (C=O) groups is 1. The summed E-state index contributed by atoms with van der Waals surface area (Å²) in [7, 11) is 0. The van der Waals surface area contributed by atoms with Crippen LogP contribution >= 0.6 is 24.0 Å². The minimum atomic E-state index is -0.0321. The van der Waals surface area contributed by atoms with Gasteiger partial charge in [-0.15, -0.1) is 12.4 Å². The van der Waals surface area contributed by atoms with Crippen molar-refractivity contribution in [3.63, 3.8) is 0 Å². The fourth-order valence-corrected chi connectivity index (χ4v) is 5.06. The molecule has 2 aromatic rings. The van der Waals surface area contributed by atoms with Gasteiger partial charge in [-0.25, -0.2) is 0 Å². The van der Waals surface area contributed by atoms with Gasteiger partial charge in [0.05, 0.1) is 12.6 Å². The molecule has 0 aromatic heterocycles.